The molecule has 0 spiro atoms. The van der Waals surface area contributed by atoms with Gasteiger partial charge in [0.05, 0.1) is 16.3 Å². The van der Waals surface area contributed by atoms with Crippen LogP contribution in [0, 0.1) is 0 Å². The van der Waals surface area contributed by atoms with Gasteiger partial charge in [0, 0.05) is 28.5 Å². The molecule has 0 saturated heterocycles. The van der Waals surface area contributed by atoms with Crippen LogP contribution in [0.1, 0.15) is 22.2 Å². The Bertz CT molecular complexity index is 1460. The molecule has 0 radical (unpaired) electrons. The van der Waals surface area contributed by atoms with Crippen LogP contribution in [-0.2, 0) is 14.8 Å². The lowest BCUT2D eigenvalue weighted by atomic mass is 10.1. The molecule has 0 bridgehead atoms. The van der Waals surface area contributed by atoms with Crippen LogP contribution in [0.2, 0.25) is 5.02 Å². The van der Waals surface area contributed by atoms with Crippen molar-refractivity contribution in [2.45, 2.75) is 11.8 Å². The number of benzene rings is 2. The quantitative estimate of drug-likeness (QED) is 0.408. The monoisotopic (exact) mass is 485 g/mol. The average molecular weight is 486 g/mol. The smallest absolute Gasteiger partial charge is 0.264 e. The second kappa shape index (κ2) is 8.34. The van der Waals surface area contributed by atoms with E-state index in [1.807, 2.05) is 29.0 Å². The highest BCUT2D eigenvalue weighted by atomic mass is 35.5. The molecule has 0 unspecified atom stereocenters. The summed E-state index contributed by atoms with van der Waals surface area (Å²) >= 11 is 7.11. The Balaban J connectivity index is 1.67. The van der Waals surface area contributed by atoms with Gasteiger partial charge in [-0.1, -0.05) is 23.7 Å². The first-order valence-electron chi connectivity index (χ1n) is 9.29. The number of nitrogens with two attached hydrogens (primary N) is 1. The van der Waals surface area contributed by atoms with Gasteiger partial charge >= 0.3 is 0 Å². The number of nitrogens with zero attached hydrogens (tertiary/aromatic N) is 1. The molecular formula is C22H16ClN3O4S2. The van der Waals surface area contributed by atoms with Gasteiger partial charge in [-0.2, -0.15) is 0 Å². The van der Waals surface area contributed by atoms with Crippen LogP contribution in [0.5, 0.6) is 0 Å². The van der Waals surface area contributed by atoms with Crippen LogP contribution >= 0.6 is 22.9 Å². The van der Waals surface area contributed by atoms with E-state index in [2.05, 4.69) is 4.98 Å². The van der Waals surface area contributed by atoms with Gasteiger partial charge in [-0.15, -0.1) is 11.3 Å². The molecule has 162 valence electrons. The first kappa shape index (κ1) is 21.9. The van der Waals surface area contributed by atoms with Crippen LogP contribution in [-0.4, -0.2) is 25.1 Å². The zero-order chi connectivity index (χ0) is 23.0. The molecular weight excluding hydrogens is 470 g/mol. The minimum atomic E-state index is -3.98. The van der Waals surface area contributed by atoms with Crippen LogP contribution in [0.3, 0.4) is 0 Å². The van der Waals surface area contributed by atoms with Crippen molar-refractivity contribution in [1.29, 1.82) is 0 Å². The topological polar surface area (TPSA) is 119 Å². The molecule has 4 rings (SSSR count). The number of rotatable bonds is 5. The molecule has 0 atom stereocenters. The fourth-order valence-electron chi connectivity index (χ4n) is 3.11. The number of carbonyl (C=O) groups is 2. The fourth-order valence-corrected chi connectivity index (χ4v) is 5.28. The second-order valence-corrected chi connectivity index (χ2v) is 10.0. The first-order valence-corrected chi connectivity index (χ1v) is 12.0. The highest BCUT2D eigenvalue weighted by Crippen LogP contribution is 2.35. The predicted octanol–water partition coefficient (Wildman–Crippen LogP) is 4.25. The zero-order valence-corrected chi connectivity index (χ0v) is 19.0. The van der Waals surface area contributed by atoms with Gasteiger partial charge in [0.15, 0.2) is 0 Å². The van der Waals surface area contributed by atoms with E-state index in [4.69, 9.17) is 17.3 Å². The molecule has 2 aromatic heterocycles. The molecule has 2 aromatic carbocycles. The SMILES string of the molecule is CC(=O)NS(=O)(=O)c1ccc(C(=O)c2sc3nc(-c4ccc(Cl)cc4)ccc3c2N)cc1. The van der Waals surface area contributed by atoms with Crippen LogP contribution in [0.15, 0.2) is 65.6 Å². The highest BCUT2D eigenvalue weighted by Gasteiger charge is 2.21. The highest BCUT2D eigenvalue weighted by molar-refractivity contribution is 7.90. The van der Waals surface area contributed by atoms with Crippen molar-refractivity contribution in [3.63, 3.8) is 0 Å². The van der Waals surface area contributed by atoms with Crippen LogP contribution in [0.25, 0.3) is 21.5 Å². The number of sulfonamides is 1. The third-order valence-electron chi connectivity index (χ3n) is 4.64. The number of nitrogen functional groups attached to an aromatic ring is 1. The largest absolute Gasteiger partial charge is 0.397 e. The second-order valence-electron chi connectivity index (χ2n) is 6.92. The summed E-state index contributed by atoms with van der Waals surface area (Å²) in [4.78, 5) is 29.6. The average Bonchev–Trinajstić information content (AvgIpc) is 3.09. The summed E-state index contributed by atoms with van der Waals surface area (Å²) in [6.45, 7) is 1.10. The lowest BCUT2D eigenvalue weighted by Crippen LogP contribution is -2.28. The van der Waals surface area contributed by atoms with Crippen LogP contribution < -0.4 is 10.5 Å². The van der Waals surface area contributed by atoms with Crippen LogP contribution in [0.4, 0.5) is 5.69 Å². The van der Waals surface area contributed by atoms with Gasteiger partial charge in [0.2, 0.25) is 11.7 Å². The third-order valence-corrected chi connectivity index (χ3v) is 7.46. The lowest BCUT2D eigenvalue weighted by molar-refractivity contribution is -0.117. The van der Waals surface area contributed by atoms with E-state index in [9.17, 15) is 18.0 Å². The Morgan fingerprint density at radius 2 is 1.66 bits per heavy atom. The molecule has 2 heterocycles. The molecule has 32 heavy (non-hydrogen) atoms. The number of pyridine rings is 1. The van der Waals surface area contributed by atoms with Crippen molar-refractivity contribution in [3.05, 3.63) is 76.1 Å². The standard InChI is InChI=1S/C22H16ClN3O4S2/c1-12(27)26-32(29,30)16-8-4-14(5-9-16)20(28)21-19(24)17-10-11-18(25-22(17)31-21)13-2-6-15(23)7-3-13/h2-11H,24H2,1H3,(H,26,27). The number of halogens is 1. The first-order chi connectivity index (χ1) is 15.2. The predicted molar refractivity (Wildman–Crippen MR) is 125 cm³/mol. The number of carbonyl (C=O) groups excluding carboxylic acids is 2. The van der Waals surface area contributed by atoms with E-state index in [1.165, 1.54) is 35.6 Å². The van der Waals surface area contributed by atoms with Gasteiger partial charge in [0.1, 0.15) is 9.71 Å². The van der Waals surface area contributed by atoms with Crippen molar-refractivity contribution in [2.75, 3.05) is 5.73 Å². The number of fused-ring (bicyclic) bond motifs is 1. The number of hydrogen-bond acceptors (Lipinski definition) is 7. The number of thiophene rings is 1. The summed E-state index contributed by atoms with van der Waals surface area (Å²) in [6.07, 6.45) is 0. The molecule has 1 amide bonds. The van der Waals surface area contributed by atoms with Crippen molar-refractivity contribution in [3.8, 4) is 11.3 Å². The molecule has 0 aliphatic rings. The zero-order valence-electron chi connectivity index (χ0n) is 16.6. The number of anilines is 1. The number of ketones is 1. The van der Waals surface area contributed by atoms with Crippen molar-refractivity contribution >= 4 is 60.6 Å². The Morgan fingerprint density at radius 3 is 2.28 bits per heavy atom. The third kappa shape index (κ3) is 4.22. The molecule has 7 nitrogen and oxygen atoms in total. The number of aromatic nitrogens is 1. The molecule has 0 fully saturated rings. The maximum absolute atomic E-state index is 13.0. The van der Waals surface area contributed by atoms with E-state index in [1.54, 1.807) is 12.1 Å². The Hall–Kier alpha value is -3.27. The van der Waals surface area contributed by atoms with Gasteiger partial charge < -0.3 is 5.73 Å². The summed E-state index contributed by atoms with van der Waals surface area (Å²) in [5, 5.41) is 1.29. The van der Waals surface area contributed by atoms with Gasteiger partial charge in [0.25, 0.3) is 10.0 Å². The maximum Gasteiger partial charge on any atom is 0.264 e. The van der Waals surface area contributed by atoms with Crippen molar-refractivity contribution < 1.29 is 18.0 Å². The minimum absolute atomic E-state index is 0.122. The summed E-state index contributed by atoms with van der Waals surface area (Å²) < 4.78 is 26.0. The molecule has 4 aromatic rings. The van der Waals surface area contributed by atoms with E-state index >= 15 is 0 Å². The maximum atomic E-state index is 13.0. The molecule has 0 aliphatic carbocycles. The number of amides is 1. The van der Waals surface area contributed by atoms with Crippen molar-refractivity contribution in [1.82, 2.24) is 9.71 Å². The van der Waals surface area contributed by atoms with Gasteiger partial charge in [-0.3, -0.25) is 9.59 Å². The minimum Gasteiger partial charge on any atom is -0.397 e. The van der Waals surface area contributed by atoms with E-state index in [0.29, 0.717) is 25.8 Å². The van der Waals surface area contributed by atoms with E-state index in [0.717, 1.165) is 18.2 Å². The fraction of sp³-hybridized carbons (Fsp3) is 0.0455. The van der Waals surface area contributed by atoms with Gasteiger partial charge in [-0.05, 0) is 48.5 Å². The summed E-state index contributed by atoms with van der Waals surface area (Å²) in [5.74, 6) is -1.05. The summed E-state index contributed by atoms with van der Waals surface area (Å²) in [7, 11) is -3.98. The molecule has 10 heteroatoms. The number of hydrogen-bond donors (Lipinski definition) is 2. The molecule has 0 aliphatic heterocycles. The summed E-state index contributed by atoms with van der Waals surface area (Å²) in [5.41, 5.74) is 8.42. The summed E-state index contributed by atoms with van der Waals surface area (Å²) in [6, 6.07) is 16.2. The Kier molecular flexibility index (Phi) is 5.72. The molecule has 3 N–H and O–H groups in total. The van der Waals surface area contributed by atoms with E-state index in [-0.39, 0.29) is 16.2 Å². The van der Waals surface area contributed by atoms with Gasteiger partial charge in [-0.25, -0.2) is 18.1 Å². The Labute approximate surface area is 192 Å². The lowest BCUT2D eigenvalue weighted by Gasteiger charge is -2.05. The van der Waals surface area contributed by atoms with Crippen molar-refractivity contribution in [2.24, 2.45) is 0 Å². The number of nitrogens with one attached hydrogen (secondary N) is 1. The Morgan fingerprint density at radius 1 is 1.00 bits per heavy atom. The normalized spacial score (nSPS) is 11.4. The van der Waals surface area contributed by atoms with E-state index < -0.39 is 15.9 Å². The molecule has 0 saturated carbocycles.